The summed E-state index contributed by atoms with van der Waals surface area (Å²) in [5, 5.41) is 5.97. The molecule has 0 spiro atoms. The van der Waals surface area contributed by atoms with Crippen molar-refractivity contribution < 1.29 is 14.3 Å². The van der Waals surface area contributed by atoms with Crippen molar-refractivity contribution in [3.05, 3.63) is 53.6 Å². The highest BCUT2D eigenvalue weighted by atomic mass is 16.5. The van der Waals surface area contributed by atoms with E-state index in [9.17, 15) is 9.59 Å². The average Bonchev–Trinajstić information content (AvgIpc) is 2.62. The molecule has 5 nitrogen and oxygen atoms in total. The van der Waals surface area contributed by atoms with E-state index in [0.717, 1.165) is 0 Å². The Balaban J connectivity index is 2.09. The first-order valence-electron chi connectivity index (χ1n) is 6.09. The molecule has 0 saturated carbocycles. The van der Waals surface area contributed by atoms with Gasteiger partial charge in [0.2, 0.25) is 0 Å². The monoisotopic (exact) mass is 268 g/mol. The van der Waals surface area contributed by atoms with Gasteiger partial charge in [0.1, 0.15) is 0 Å². The molecule has 0 fully saturated rings. The van der Waals surface area contributed by atoms with Crippen LogP contribution < -0.4 is 10.6 Å². The maximum atomic E-state index is 12.1. The highest BCUT2D eigenvalue weighted by Crippen LogP contribution is 2.32. The van der Waals surface area contributed by atoms with E-state index in [2.05, 4.69) is 10.6 Å². The van der Waals surface area contributed by atoms with E-state index in [0.29, 0.717) is 28.2 Å². The van der Waals surface area contributed by atoms with Gasteiger partial charge < -0.3 is 15.4 Å². The van der Waals surface area contributed by atoms with E-state index in [1.807, 2.05) is 12.1 Å². The molecule has 0 atom stereocenters. The summed E-state index contributed by atoms with van der Waals surface area (Å²) < 4.78 is 4.70. The van der Waals surface area contributed by atoms with E-state index in [1.54, 1.807) is 30.3 Å². The number of para-hydroxylation sites is 1. The molecular weight excluding hydrogens is 256 g/mol. The number of esters is 1. The maximum absolute atomic E-state index is 12.1. The lowest BCUT2D eigenvalue weighted by molar-refractivity contribution is 0.0600. The molecule has 1 heterocycles. The average molecular weight is 268 g/mol. The zero-order valence-electron chi connectivity index (χ0n) is 10.8. The summed E-state index contributed by atoms with van der Waals surface area (Å²) in [7, 11) is 1.33. The molecule has 1 amide bonds. The minimum Gasteiger partial charge on any atom is -0.465 e. The molecule has 3 rings (SSSR count). The number of benzene rings is 2. The highest BCUT2D eigenvalue weighted by Gasteiger charge is 2.19. The lowest BCUT2D eigenvalue weighted by atomic mass is 10.1. The van der Waals surface area contributed by atoms with Gasteiger partial charge in [0, 0.05) is 0 Å². The molecule has 1 aliphatic rings. The van der Waals surface area contributed by atoms with E-state index < -0.39 is 5.97 Å². The standard InChI is InChI=1S/C15H12N2O3/c1-20-15(19)9-6-7-12-13(8-9)16-11-5-3-2-4-10(11)14(18)17-12/h2-8,16H,1H3,(H,17,18). The largest absolute Gasteiger partial charge is 0.465 e. The van der Waals surface area contributed by atoms with Gasteiger partial charge in [-0.2, -0.15) is 0 Å². The molecule has 100 valence electrons. The SMILES string of the molecule is COC(=O)c1ccc2c(c1)Nc1ccccc1C(=O)N2. The summed E-state index contributed by atoms with van der Waals surface area (Å²) in [5.74, 6) is -0.601. The number of rotatable bonds is 1. The van der Waals surface area contributed by atoms with Crippen molar-refractivity contribution in [1.82, 2.24) is 0 Å². The number of anilines is 3. The third-order valence-electron chi connectivity index (χ3n) is 3.13. The lowest BCUT2D eigenvalue weighted by Gasteiger charge is -2.09. The Morgan fingerprint density at radius 1 is 1.00 bits per heavy atom. The van der Waals surface area contributed by atoms with Crippen LogP contribution in [0, 0.1) is 0 Å². The topological polar surface area (TPSA) is 67.4 Å². The molecule has 2 aromatic rings. The Bertz CT molecular complexity index is 710. The summed E-state index contributed by atoms with van der Waals surface area (Å²) in [6.45, 7) is 0. The molecule has 0 aliphatic carbocycles. The van der Waals surface area contributed by atoms with Crippen molar-refractivity contribution in [2.75, 3.05) is 17.7 Å². The number of ether oxygens (including phenoxy) is 1. The number of fused-ring (bicyclic) bond motifs is 2. The number of carbonyl (C=O) groups excluding carboxylic acids is 2. The molecule has 0 radical (unpaired) electrons. The number of carbonyl (C=O) groups is 2. The van der Waals surface area contributed by atoms with Gasteiger partial charge in [0.25, 0.3) is 5.91 Å². The molecule has 0 unspecified atom stereocenters. The van der Waals surface area contributed by atoms with E-state index in [1.165, 1.54) is 7.11 Å². The minimum atomic E-state index is -0.418. The van der Waals surface area contributed by atoms with Crippen LogP contribution in [0.25, 0.3) is 0 Å². The third kappa shape index (κ3) is 1.99. The molecular formula is C15H12N2O3. The van der Waals surface area contributed by atoms with Crippen LogP contribution in [0.15, 0.2) is 42.5 Å². The highest BCUT2D eigenvalue weighted by molar-refractivity contribution is 6.12. The quantitative estimate of drug-likeness (QED) is 0.780. The van der Waals surface area contributed by atoms with Crippen LogP contribution in [0.3, 0.4) is 0 Å². The summed E-state index contributed by atoms with van der Waals surface area (Å²) in [6, 6.07) is 12.1. The van der Waals surface area contributed by atoms with Gasteiger partial charge in [0.15, 0.2) is 0 Å². The first kappa shape index (κ1) is 12.2. The second kappa shape index (κ2) is 4.70. The van der Waals surface area contributed by atoms with Crippen LogP contribution in [0.5, 0.6) is 0 Å². The van der Waals surface area contributed by atoms with Crippen LogP contribution in [0.4, 0.5) is 17.1 Å². The number of methoxy groups -OCH3 is 1. The van der Waals surface area contributed by atoms with Crippen molar-refractivity contribution in [3.63, 3.8) is 0 Å². The fourth-order valence-electron chi connectivity index (χ4n) is 2.13. The van der Waals surface area contributed by atoms with Crippen molar-refractivity contribution in [1.29, 1.82) is 0 Å². The Labute approximate surface area is 115 Å². The van der Waals surface area contributed by atoms with Gasteiger partial charge in [-0.05, 0) is 30.3 Å². The fraction of sp³-hybridized carbons (Fsp3) is 0.0667. The van der Waals surface area contributed by atoms with Crippen LogP contribution in [0.2, 0.25) is 0 Å². The number of hydrogen-bond donors (Lipinski definition) is 2. The Hall–Kier alpha value is -2.82. The van der Waals surface area contributed by atoms with Crippen LogP contribution in [-0.4, -0.2) is 19.0 Å². The Morgan fingerprint density at radius 3 is 2.60 bits per heavy atom. The third-order valence-corrected chi connectivity index (χ3v) is 3.13. The molecule has 5 heteroatoms. The van der Waals surface area contributed by atoms with Gasteiger partial charge >= 0.3 is 5.97 Å². The molecule has 2 aromatic carbocycles. The minimum absolute atomic E-state index is 0.183. The van der Waals surface area contributed by atoms with Crippen LogP contribution in [-0.2, 0) is 4.74 Å². The predicted molar refractivity (Wildman–Crippen MR) is 75.5 cm³/mol. The second-order valence-electron chi connectivity index (χ2n) is 4.38. The van der Waals surface area contributed by atoms with Crippen molar-refractivity contribution >= 4 is 28.9 Å². The Kier molecular flexibility index (Phi) is 2.87. The first-order valence-corrected chi connectivity index (χ1v) is 6.09. The van der Waals surface area contributed by atoms with Gasteiger partial charge in [0.05, 0.1) is 35.3 Å². The fourth-order valence-corrected chi connectivity index (χ4v) is 2.13. The van der Waals surface area contributed by atoms with Crippen molar-refractivity contribution in [2.24, 2.45) is 0 Å². The van der Waals surface area contributed by atoms with Gasteiger partial charge in [-0.25, -0.2) is 4.79 Å². The number of hydrogen-bond acceptors (Lipinski definition) is 4. The first-order chi connectivity index (χ1) is 9.69. The number of nitrogens with one attached hydrogen (secondary N) is 2. The van der Waals surface area contributed by atoms with Gasteiger partial charge in [-0.1, -0.05) is 12.1 Å². The molecule has 2 N–H and O–H groups in total. The van der Waals surface area contributed by atoms with Crippen LogP contribution in [0.1, 0.15) is 20.7 Å². The van der Waals surface area contributed by atoms with E-state index in [-0.39, 0.29) is 5.91 Å². The van der Waals surface area contributed by atoms with Gasteiger partial charge in [-0.15, -0.1) is 0 Å². The van der Waals surface area contributed by atoms with Gasteiger partial charge in [-0.3, -0.25) is 4.79 Å². The zero-order valence-corrected chi connectivity index (χ0v) is 10.8. The second-order valence-corrected chi connectivity index (χ2v) is 4.38. The number of amides is 1. The molecule has 0 saturated heterocycles. The van der Waals surface area contributed by atoms with E-state index in [4.69, 9.17) is 4.74 Å². The maximum Gasteiger partial charge on any atom is 0.337 e. The summed E-state index contributed by atoms with van der Waals surface area (Å²) in [5.41, 5.74) is 2.96. The molecule has 0 aromatic heterocycles. The summed E-state index contributed by atoms with van der Waals surface area (Å²) >= 11 is 0. The van der Waals surface area contributed by atoms with Crippen LogP contribution >= 0.6 is 0 Å². The smallest absolute Gasteiger partial charge is 0.337 e. The summed E-state index contributed by atoms with van der Waals surface area (Å²) in [4.78, 5) is 23.7. The normalized spacial score (nSPS) is 12.3. The van der Waals surface area contributed by atoms with Crippen molar-refractivity contribution in [3.8, 4) is 0 Å². The lowest BCUT2D eigenvalue weighted by Crippen LogP contribution is -2.10. The van der Waals surface area contributed by atoms with Crippen molar-refractivity contribution in [2.45, 2.75) is 0 Å². The molecule has 1 aliphatic heterocycles. The Morgan fingerprint density at radius 2 is 1.80 bits per heavy atom. The van der Waals surface area contributed by atoms with E-state index >= 15 is 0 Å². The zero-order chi connectivity index (χ0) is 14.1. The predicted octanol–water partition coefficient (Wildman–Crippen LogP) is 2.78. The molecule has 0 bridgehead atoms. The molecule has 20 heavy (non-hydrogen) atoms. The summed E-state index contributed by atoms with van der Waals surface area (Å²) in [6.07, 6.45) is 0.